The zero-order valence-electron chi connectivity index (χ0n) is 8.40. The van der Waals surface area contributed by atoms with Gasteiger partial charge in [-0.2, -0.15) is 9.78 Å². The van der Waals surface area contributed by atoms with Crippen LogP contribution in [0.5, 0.6) is 0 Å². The number of anilines is 1. The first kappa shape index (κ1) is 10.6. The van der Waals surface area contributed by atoms with Gasteiger partial charge in [0.15, 0.2) is 9.84 Å². The Kier molecular flexibility index (Phi) is 2.35. The molecule has 0 bridgehead atoms. The van der Waals surface area contributed by atoms with Gasteiger partial charge in [0.2, 0.25) is 0 Å². The van der Waals surface area contributed by atoms with Gasteiger partial charge < -0.3 is 5.73 Å². The second kappa shape index (κ2) is 3.56. The molecule has 0 spiro atoms. The molecule has 2 aromatic heterocycles. The van der Waals surface area contributed by atoms with Crippen LogP contribution in [-0.2, 0) is 9.84 Å². The van der Waals surface area contributed by atoms with Crippen molar-refractivity contribution in [2.45, 2.75) is 4.90 Å². The first-order chi connectivity index (χ1) is 7.50. The molecule has 0 atom stereocenters. The van der Waals surface area contributed by atoms with E-state index in [0.717, 1.165) is 6.26 Å². The first-order valence-electron chi connectivity index (χ1n) is 4.31. The highest BCUT2D eigenvalue weighted by Gasteiger charge is 2.18. The molecule has 0 radical (unpaired) electrons. The van der Waals surface area contributed by atoms with Gasteiger partial charge in [-0.05, 0) is 6.07 Å². The molecule has 0 fully saturated rings. The molecule has 0 saturated carbocycles. The van der Waals surface area contributed by atoms with Crippen LogP contribution in [0.15, 0.2) is 29.6 Å². The Morgan fingerprint density at radius 3 is 2.44 bits per heavy atom. The van der Waals surface area contributed by atoms with E-state index in [4.69, 9.17) is 5.73 Å². The first-order valence-corrected chi connectivity index (χ1v) is 6.20. The Morgan fingerprint density at radius 1 is 1.31 bits per heavy atom. The van der Waals surface area contributed by atoms with E-state index < -0.39 is 9.84 Å². The van der Waals surface area contributed by atoms with E-state index in [-0.39, 0.29) is 16.7 Å². The zero-order valence-corrected chi connectivity index (χ0v) is 9.22. The lowest BCUT2D eigenvalue weighted by molar-refractivity contribution is 0.602. The van der Waals surface area contributed by atoms with Gasteiger partial charge in [0.25, 0.3) is 5.95 Å². The molecule has 84 valence electrons. The molecule has 0 aromatic carbocycles. The predicted octanol–water partition coefficient (Wildman–Crippen LogP) is -0.352. The van der Waals surface area contributed by atoms with E-state index in [9.17, 15) is 8.42 Å². The van der Waals surface area contributed by atoms with Gasteiger partial charge >= 0.3 is 0 Å². The topological polar surface area (TPSA) is 104 Å². The number of hydrogen-bond donors (Lipinski definition) is 1. The van der Waals surface area contributed by atoms with Crippen molar-refractivity contribution in [3.63, 3.8) is 0 Å². The number of nitrogen functional groups attached to an aromatic ring is 1. The minimum atomic E-state index is -3.38. The van der Waals surface area contributed by atoms with Crippen LogP contribution < -0.4 is 5.73 Å². The fraction of sp³-hybridized carbons (Fsp3) is 0.125. The van der Waals surface area contributed by atoms with Crippen molar-refractivity contribution in [1.29, 1.82) is 0 Å². The molecule has 0 unspecified atom stereocenters. The molecule has 8 heteroatoms. The van der Waals surface area contributed by atoms with Crippen molar-refractivity contribution in [3.8, 4) is 5.95 Å². The van der Waals surface area contributed by atoms with E-state index in [1.165, 1.54) is 23.3 Å². The summed E-state index contributed by atoms with van der Waals surface area (Å²) in [6.07, 6.45) is 5.28. The van der Waals surface area contributed by atoms with Gasteiger partial charge in [0.1, 0.15) is 10.7 Å². The molecular weight excluding hydrogens is 230 g/mol. The average Bonchev–Trinajstić information content (AvgIpc) is 2.61. The lowest BCUT2D eigenvalue weighted by Gasteiger charge is -2.01. The summed E-state index contributed by atoms with van der Waals surface area (Å²) in [5, 5.41) is 3.84. The molecule has 0 saturated heterocycles. The molecule has 0 aliphatic heterocycles. The highest BCUT2D eigenvalue weighted by atomic mass is 32.2. The molecule has 7 nitrogen and oxygen atoms in total. The molecule has 16 heavy (non-hydrogen) atoms. The average molecular weight is 239 g/mol. The fourth-order valence-electron chi connectivity index (χ4n) is 1.19. The Hall–Kier alpha value is -1.96. The molecule has 0 aliphatic carbocycles. The summed E-state index contributed by atoms with van der Waals surface area (Å²) in [5.41, 5.74) is 5.66. The zero-order chi connectivity index (χ0) is 11.8. The molecule has 2 N–H and O–H groups in total. The molecule has 0 amide bonds. The van der Waals surface area contributed by atoms with Crippen LogP contribution in [0.25, 0.3) is 5.95 Å². The number of nitrogens with zero attached hydrogens (tertiary/aromatic N) is 4. The summed E-state index contributed by atoms with van der Waals surface area (Å²) >= 11 is 0. The maximum atomic E-state index is 11.3. The van der Waals surface area contributed by atoms with Crippen LogP contribution in [0.2, 0.25) is 0 Å². The number of nitrogens with two attached hydrogens (primary N) is 1. The van der Waals surface area contributed by atoms with Crippen LogP contribution in [0, 0.1) is 0 Å². The van der Waals surface area contributed by atoms with E-state index in [0.29, 0.717) is 0 Å². The number of aromatic nitrogens is 4. The van der Waals surface area contributed by atoms with Crippen molar-refractivity contribution in [2.75, 3.05) is 12.0 Å². The Balaban J connectivity index is 2.59. The van der Waals surface area contributed by atoms with Crippen LogP contribution in [0.4, 0.5) is 5.82 Å². The molecule has 2 heterocycles. The third-order valence-electron chi connectivity index (χ3n) is 1.91. The van der Waals surface area contributed by atoms with Crippen molar-refractivity contribution in [2.24, 2.45) is 0 Å². The monoisotopic (exact) mass is 239 g/mol. The highest BCUT2D eigenvalue weighted by molar-refractivity contribution is 7.90. The molecule has 0 aliphatic rings. The van der Waals surface area contributed by atoms with Crippen molar-refractivity contribution < 1.29 is 8.42 Å². The number of sulfone groups is 1. The summed E-state index contributed by atoms with van der Waals surface area (Å²) in [6, 6.07) is 1.64. The van der Waals surface area contributed by atoms with Gasteiger partial charge in [-0.25, -0.2) is 18.4 Å². The smallest absolute Gasteiger partial charge is 0.252 e. The maximum absolute atomic E-state index is 11.3. The summed E-state index contributed by atoms with van der Waals surface area (Å²) < 4.78 is 23.8. The second-order valence-corrected chi connectivity index (χ2v) is 5.11. The number of rotatable bonds is 2. The normalized spacial score (nSPS) is 11.6. The van der Waals surface area contributed by atoms with Crippen molar-refractivity contribution in [3.05, 3.63) is 24.7 Å². The molecule has 2 rings (SSSR count). The van der Waals surface area contributed by atoms with Crippen LogP contribution in [0.3, 0.4) is 0 Å². The third kappa shape index (κ3) is 1.74. The Morgan fingerprint density at radius 2 is 1.94 bits per heavy atom. The minimum absolute atomic E-state index is 0.00806. The summed E-state index contributed by atoms with van der Waals surface area (Å²) in [4.78, 5) is 7.81. The van der Waals surface area contributed by atoms with Gasteiger partial charge in [-0.1, -0.05) is 0 Å². The Labute approximate surface area is 91.9 Å². The third-order valence-corrected chi connectivity index (χ3v) is 3.03. The van der Waals surface area contributed by atoms with Crippen molar-refractivity contribution >= 4 is 15.7 Å². The quantitative estimate of drug-likeness (QED) is 0.768. The Bertz CT molecular complexity index is 605. The van der Waals surface area contributed by atoms with E-state index in [2.05, 4.69) is 15.1 Å². The van der Waals surface area contributed by atoms with Crippen LogP contribution in [-0.4, -0.2) is 34.4 Å². The standard InChI is InChI=1S/C8H9N5O2S/c1-16(14,15)6-5-12-13(7(6)9)8-10-3-2-4-11-8/h2-5H,9H2,1H3. The predicted molar refractivity (Wildman–Crippen MR) is 56.7 cm³/mol. The van der Waals surface area contributed by atoms with Crippen LogP contribution in [0.1, 0.15) is 0 Å². The second-order valence-electron chi connectivity index (χ2n) is 3.13. The van der Waals surface area contributed by atoms with E-state index in [1.807, 2.05) is 0 Å². The van der Waals surface area contributed by atoms with Crippen molar-refractivity contribution in [1.82, 2.24) is 19.7 Å². The van der Waals surface area contributed by atoms with Gasteiger partial charge in [-0.3, -0.25) is 0 Å². The lowest BCUT2D eigenvalue weighted by Crippen LogP contribution is -2.08. The SMILES string of the molecule is CS(=O)(=O)c1cnn(-c2ncccn2)c1N. The summed E-state index contributed by atoms with van der Waals surface area (Å²) in [6.45, 7) is 0. The van der Waals surface area contributed by atoms with Gasteiger partial charge in [0.05, 0.1) is 6.20 Å². The summed E-state index contributed by atoms with van der Waals surface area (Å²) in [5.74, 6) is 0.239. The number of hydrogen-bond acceptors (Lipinski definition) is 6. The van der Waals surface area contributed by atoms with E-state index in [1.54, 1.807) is 6.07 Å². The highest BCUT2D eigenvalue weighted by Crippen LogP contribution is 2.18. The maximum Gasteiger partial charge on any atom is 0.252 e. The minimum Gasteiger partial charge on any atom is -0.382 e. The van der Waals surface area contributed by atoms with Crippen LogP contribution >= 0.6 is 0 Å². The largest absolute Gasteiger partial charge is 0.382 e. The van der Waals surface area contributed by atoms with E-state index >= 15 is 0 Å². The molecule has 2 aromatic rings. The van der Waals surface area contributed by atoms with Gasteiger partial charge in [-0.15, -0.1) is 0 Å². The lowest BCUT2D eigenvalue weighted by atomic mass is 10.6. The summed E-state index contributed by atoms with van der Waals surface area (Å²) in [7, 11) is -3.38. The molecular formula is C8H9N5O2S. The fourth-order valence-corrected chi connectivity index (χ4v) is 1.89. The van der Waals surface area contributed by atoms with Gasteiger partial charge in [0, 0.05) is 18.6 Å².